The minimum atomic E-state index is 0.417. The maximum absolute atomic E-state index is 4.03. The van der Waals surface area contributed by atoms with E-state index in [4.69, 9.17) is 0 Å². The zero-order chi connectivity index (χ0) is 15.5. The third-order valence-corrected chi connectivity index (χ3v) is 6.45. The average Bonchev–Trinajstić information content (AvgIpc) is 2.45. The van der Waals surface area contributed by atoms with Crippen molar-refractivity contribution in [2.24, 2.45) is 17.8 Å². The molecule has 2 saturated carbocycles. The van der Waals surface area contributed by atoms with Gasteiger partial charge in [0.05, 0.1) is 0 Å². The Bertz CT molecular complexity index is 305. The van der Waals surface area contributed by atoms with Crippen molar-refractivity contribution in [2.45, 2.75) is 83.7 Å². The Kier molecular flexibility index (Phi) is 6.14. The van der Waals surface area contributed by atoms with Gasteiger partial charge in [0.15, 0.2) is 0 Å². The molecule has 0 spiro atoms. The zero-order valence-corrected chi connectivity index (χ0v) is 15.1. The minimum absolute atomic E-state index is 0.417. The van der Waals surface area contributed by atoms with E-state index in [-0.39, 0.29) is 0 Å². The van der Waals surface area contributed by atoms with Gasteiger partial charge >= 0.3 is 0 Å². The number of rotatable bonds is 5. The summed E-state index contributed by atoms with van der Waals surface area (Å²) in [7, 11) is 4.58. The molecule has 0 aromatic carbocycles. The molecule has 1 N–H and O–H groups in total. The first-order chi connectivity index (χ1) is 9.94. The molecular weight excluding hydrogens is 256 g/mol. The molecule has 0 bridgehead atoms. The highest BCUT2D eigenvalue weighted by Gasteiger charge is 2.37. The van der Waals surface area contributed by atoms with Crippen molar-refractivity contribution < 1.29 is 0 Å². The maximum Gasteiger partial charge on any atom is 0.0327 e. The van der Waals surface area contributed by atoms with Crippen molar-refractivity contribution in [3.63, 3.8) is 0 Å². The van der Waals surface area contributed by atoms with Gasteiger partial charge in [-0.2, -0.15) is 0 Å². The van der Waals surface area contributed by atoms with Crippen LogP contribution >= 0.6 is 0 Å². The quantitative estimate of drug-likeness (QED) is 0.813. The molecule has 124 valence electrons. The van der Waals surface area contributed by atoms with Crippen LogP contribution in [0.5, 0.6) is 0 Å². The molecule has 3 unspecified atom stereocenters. The lowest BCUT2D eigenvalue weighted by Crippen LogP contribution is -2.56. The lowest BCUT2D eigenvalue weighted by atomic mass is 9.73. The van der Waals surface area contributed by atoms with Crippen molar-refractivity contribution in [1.29, 1.82) is 0 Å². The molecule has 0 amide bonds. The van der Waals surface area contributed by atoms with Crippen LogP contribution in [0.2, 0.25) is 0 Å². The topological polar surface area (TPSA) is 15.3 Å². The second-order valence-corrected chi connectivity index (χ2v) is 8.49. The molecular formula is C19H38N2. The predicted octanol–water partition coefficient (Wildman–Crippen LogP) is 4.30. The summed E-state index contributed by atoms with van der Waals surface area (Å²) in [6.45, 7) is 8.46. The van der Waals surface area contributed by atoms with Crippen molar-refractivity contribution in [2.75, 3.05) is 20.6 Å². The van der Waals surface area contributed by atoms with E-state index in [1.165, 1.54) is 57.9 Å². The van der Waals surface area contributed by atoms with E-state index in [2.05, 4.69) is 45.1 Å². The summed E-state index contributed by atoms with van der Waals surface area (Å²) in [6, 6.07) is 0.743. The van der Waals surface area contributed by atoms with Crippen LogP contribution in [0.3, 0.4) is 0 Å². The van der Waals surface area contributed by atoms with Gasteiger partial charge in [-0.15, -0.1) is 0 Å². The van der Waals surface area contributed by atoms with E-state index < -0.39 is 0 Å². The third-order valence-electron chi connectivity index (χ3n) is 6.45. The molecule has 3 atom stereocenters. The van der Waals surface area contributed by atoms with Crippen molar-refractivity contribution in [1.82, 2.24) is 10.2 Å². The van der Waals surface area contributed by atoms with Crippen LogP contribution in [-0.4, -0.2) is 37.1 Å². The van der Waals surface area contributed by atoms with Gasteiger partial charge in [-0.25, -0.2) is 0 Å². The summed E-state index contributed by atoms with van der Waals surface area (Å²) in [6.07, 6.45) is 11.2. The number of hydrogen-bond acceptors (Lipinski definition) is 2. The van der Waals surface area contributed by atoms with Crippen LogP contribution in [-0.2, 0) is 0 Å². The molecule has 2 aliphatic rings. The Labute approximate surface area is 133 Å². The molecule has 0 aliphatic heterocycles. The molecule has 0 saturated heterocycles. The lowest BCUT2D eigenvalue weighted by molar-refractivity contribution is 0.0802. The fraction of sp³-hybridized carbons (Fsp3) is 1.00. The lowest BCUT2D eigenvalue weighted by Gasteiger charge is -2.46. The van der Waals surface area contributed by atoms with Gasteiger partial charge in [0.1, 0.15) is 0 Å². The standard InChI is InChI=1S/C19H38N2/c1-15(2)17-10-9-16(3)13-18(17)20-14-19(21(4)5)11-7-6-8-12-19/h15-18,20H,6-14H2,1-5H3. The van der Waals surface area contributed by atoms with Gasteiger partial charge in [-0.05, 0) is 57.5 Å². The Morgan fingerprint density at radius 2 is 1.76 bits per heavy atom. The average molecular weight is 295 g/mol. The largest absolute Gasteiger partial charge is 0.312 e. The van der Waals surface area contributed by atoms with E-state index in [0.29, 0.717) is 5.54 Å². The van der Waals surface area contributed by atoms with Gasteiger partial charge in [0.25, 0.3) is 0 Å². The molecule has 0 heterocycles. The summed E-state index contributed by atoms with van der Waals surface area (Å²) in [5, 5.41) is 4.03. The normalized spacial score (nSPS) is 33.6. The first kappa shape index (κ1) is 17.3. The summed E-state index contributed by atoms with van der Waals surface area (Å²) >= 11 is 0. The molecule has 21 heavy (non-hydrogen) atoms. The Morgan fingerprint density at radius 1 is 1.10 bits per heavy atom. The Hall–Kier alpha value is -0.0800. The van der Waals surface area contributed by atoms with Gasteiger partial charge < -0.3 is 10.2 Å². The number of hydrogen-bond donors (Lipinski definition) is 1. The van der Waals surface area contributed by atoms with Crippen LogP contribution in [0.15, 0.2) is 0 Å². The van der Waals surface area contributed by atoms with Crippen LogP contribution in [0.25, 0.3) is 0 Å². The zero-order valence-electron chi connectivity index (χ0n) is 15.1. The molecule has 2 heteroatoms. The highest BCUT2D eigenvalue weighted by molar-refractivity contribution is 4.95. The van der Waals surface area contributed by atoms with Crippen molar-refractivity contribution in [3.8, 4) is 0 Å². The summed E-state index contributed by atoms with van der Waals surface area (Å²) in [5.41, 5.74) is 0.417. The summed E-state index contributed by atoms with van der Waals surface area (Å²) in [4.78, 5) is 2.51. The van der Waals surface area contributed by atoms with Gasteiger partial charge in [0, 0.05) is 18.1 Å². The maximum atomic E-state index is 4.03. The van der Waals surface area contributed by atoms with Crippen LogP contribution < -0.4 is 5.32 Å². The molecule has 0 aromatic heterocycles. The minimum Gasteiger partial charge on any atom is -0.312 e. The second kappa shape index (κ2) is 7.46. The summed E-state index contributed by atoms with van der Waals surface area (Å²) < 4.78 is 0. The monoisotopic (exact) mass is 294 g/mol. The van der Waals surface area contributed by atoms with Crippen LogP contribution in [0.1, 0.15) is 72.1 Å². The smallest absolute Gasteiger partial charge is 0.0327 e. The van der Waals surface area contributed by atoms with E-state index >= 15 is 0 Å². The Morgan fingerprint density at radius 3 is 2.33 bits per heavy atom. The predicted molar refractivity (Wildman–Crippen MR) is 92.6 cm³/mol. The number of likely N-dealkylation sites (N-methyl/N-ethyl adjacent to an activating group) is 1. The van der Waals surface area contributed by atoms with Crippen molar-refractivity contribution >= 4 is 0 Å². The molecule has 2 rings (SSSR count). The fourth-order valence-electron chi connectivity index (χ4n) is 4.75. The van der Waals surface area contributed by atoms with E-state index in [0.717, 1.165) is 23.8 Å². The van der Waals surface area contributed by atoms with E-state index in [1.54, 1.807) is 0 Å². The van der Waals surface area contributed by atoms with Gasteiger partial charge in [-0.3, -0.25) is 0 Å². The van der Waals surface area contributed by atoms with Crippen molar-refractivity contribution in [3.05, 3.63) is 0 Å². The third kappa shape index (κ3) is 4.22. The highest BCUT2D eigenvalue weighted by Crippen LogP contribution is 2.35. The van der Waals surface area contributed by atoms with Crippen LogP contribution in [0.4, 0.5) is 0 Å². The van der Waals surface area contributed by atoms with E-state index in [9.17, 15) is 0 Å². The molecule has 2 nitrogen and oxygen atoms in total. The molecule has 0 radical (unpaired) electrons. The van der Waals surface area contributed by atoms with Gasteiger partial charge in [-0.1, -0.05) is 46.5 Å². The Balaban J connectivity index is 1.97. The van der Waals surface area contributed by atoms with E-state index in [1.807, 2.05) is 0 Å². The first-order valence-corrected chi connectivity index (χ1v) is 9.35. The molecule has 2 aliphatic carbocycles. The first-order valence-electron chi connectivity index (χ1n) is 9.35. The SMILES string of the molecule is CC1CCC(C(C)C)C(NCC2(N(C)C)CCCCC2)C1. The highest BCUT2D eigenvalue weighted by atomic mass is 15.2. The fourth-order valence-corrected chi connectivity index (χ4v) is 4.75. The molecule has 0 aromatic rings. The number of nitrogens with zero attached hydrogens (tertiary/aromatic N) is 1. The summed E-state index contributed by atoms with van der Waals surface area (Å²) in [5.74, 6) is 2.60. The van der Waals surface area contributed by atoms with Gasteiger partial charge in [0.2, 0.25) is 0 Å². The number of nitrogens with one attached hydrogen (secondary N) is 1. The van der Waals surface area contributed by atoms with Crippen LogP contribution in [0, 0.1) is 17.8 Å². The second-order valence-electron chi connectivity index (χ2n) is 8.49. The molecule has 2 fully saturated rings.